The number of pyridine rings is 2. The number of aryl methyl sites for hydroxylation is 1. The van der Waals surface area contributed by atoms with E-state index in [9.17, 15) is 18.0 Å². The Balaban J connectivity index is 1.84. The second kappa shape index (κ2) is 8.02. The first kappa shape index (κ1) is 20.3. The first-order valence-corrected chi connectivity index (χ1v) is 9.23. The third-order valence-corrected chi connectivity index (χ3v) is 4.60. The van der Waals surface area contributed by atoms with Crippen LogP contribution < -0.4 is 5.32 Å². The fourth-order valence-corrected chi connectivity index (χ4v) is 3.16. The molecule has 3 aromatic heterocycles. The zero-order valence-corrected chi connectivity index (χ0v) is 16.3. The number of aromatic nitrogens is 4. The Hall–Kier alpha value is -4.01. The molecule has 9 heteroatoms. The maximum Gasteiger partial charge on any atom is 0.418 e. The molecule has 0 aliphatic carbocycles. The van der Waals surface area contributed by atoms with E-state index >= 15 is 0 Å². The lowest BCUT2D eigenvalue weighted by Gasteiger charge is -2.18. The molecule has 0 saturated carbocycles. The van der Waals surface area contributed by atoms with Crippen LogP contribution in [0.25, 0.3) is 16.8 Å². The number of amides is 1. The molecule has 31 heavy (non-hydrogen) atoms. The summed E-state index contributed by atoms with van der Waals surface area (Å²) in [4.78, 5) is 20.7. The molecular weight excluding hydrogens is 407 g/mol. The van der Waals surface area contributed by atoms with Gasteiger partial charge in [-0.05, 0) is 30.7 Å². The molecule has 0 unspecified atom stereocenters. The van der Waals surface area contributed by atoms with Crippen molar-refractivity contribution >= 4 is 11.7 Å². The predicted octanol–water partition coefficient (Wildman–Crippen LogP) is 4.91. The molecule has 156 valence electrons. The van der Waals surface area contributed by atoms with E-state index in [1.54, 1.807) is 54.9 Å². The summed E-state index contributed by atoms with van der Waals surface area (Å²) in [6.07, 6.45) is 2.45. The number of nitrogens with zero attached hydrogens (tertiary/aromatic N) is 4. The van der Waals surface area contributed by atoms with Crippen molar-refractivity contribution in [1.82, 2.24) is 19.7 Å². The van der Waals surface area contributed by atoms with E-state index in [2.05, 4.69) is 20.4 Å². The summed E-state index contributed by atoms with van der Waals surface area (Å²) in [7, 11) is 0. The molecule has 0 fully saturated rings. The minimum Gasteiger partial charge on any atom is -0.305 e. The van der Waals surface area contributed by atoms with Gasteiger partial charge in [-0.1, -0.05) is 24.3 Å². The lowest BCUT2D eigenvalue weighted by atomic mass is 10.1. The third-order valence-electron chi connectivity index (χ3n) is 4.60. The molecular formula is C22H16F3N5O. The Morgan fingerprint density at radius 2 is 1.77 bits per heavy atom. The Morgan fingerprint density at radius 1 is 1.00 bits per heavy atom. The summed E-state index contributed by atoms with van der Waals surface area (Å²) in [5, 5.41) is 6.61. The summed E-state index contributed by atoms with van der Waals surface area (Å²) in [5.41, 5.74) is 0.194. The molecule has 1 N–H and O–H groups in total. The zero-order chi connectivity index (χ0) is 22.0. The van der Waals surface area contributed by atoms with E-state index in [1.807, 2.05) is 0 Å². The highest BCUT2D eigenvalue weighted by atomic mass is 19.4. The molecule has 0 radical (unpaired) electrons. The molecule has 0 aliphatic rings. The number of alkyl halides is 3. The van der Waals surface area contributed by atoms with Crippen LogP contribution in [0.4, 0.5) is 19.0 Å². The third kappa shape index (κ3) is 4.16. The number of nitrogens with one attached hydrogen (secondary N) is 1. The summed E-state index contributed by atoms with van der Waals surface area (Å²) in [5.74, 6) is -0.821. The number of rotatable bonds is 4. The smallest absolute Gasteiger partial charge is 0.305 e. The van der Waals surface area contributed by atoms with E-state index in [-0.39, 0.29) is 17.1 Å². The Labute approximate surface area is 175 Å². The van der Waals surface area contributed by atoms with Gasteiger partial charge in [0.15, 0.2) is 5.82 Å². The second-order valence-corrected chi connectivity index (χ2v) is 6.75. The normalized spacial score (nSPS) is 11.4. The number of hydrogen-bond acceptors (Lipinski definition) is 4. The van der Waals surface area contributed by atoms with Gasteiger partial charge in [-0.25, -0.2) is 9.67 Å². The Bertz CT molecular complexity index is 1220. The van der Waals surface area contributed by atoms with Crippen molar-refractivity contribution in [2.75, 3.05) is 5.32 Å². The lowest BCUT2D eigenvalue weighted by molar-refractivity contribution is -0.138. The van der Waals surface area contributed by atoms with Gasteiger partial charge < -0.3 is 5.32 Å². The largest absolute Gasteiger partial charge is 0.418 e. The lowest BCUT2D eigenvalue weighted by Crippen LogP contribution is -2.20. The van der Waals surface area contributed by atoms with Gasteiger partial charge in [-0.2, -0.15) is 18.3 Å². The molecule has 0 aliphatic heterocycles. The number of carbonyl (C=O) groups is 1. The maximum absolute atomic E-state index is 14.0. The minimum atomic E-state index is -4.69. The number of halogens is 3. The van der Waals surface area contributed by atoms with Crippen LogP contribution >= 0.6 is 0 Å². The van der Waals surface area contributed by atoms with Crippen molar-refractivity contribution in [2.24, 2.45) is 0 Å². The molecule has 1 amide bonds. The summed E-state index contributed by atoms with van der Waals surface area (Å²) in [6, 6.07) is 11.7. The fraction of sp³-hybridized carbons (Fsp3) is 0.0909. The molecule has 1 aromatic carbocycles. The van der Waals surface area contributed by atoms with Gasteiger partial charge in [0, 0.05) is 41.5 Å². The average Bonchev–Trinajstić information content (AvgIpc) is 3.25. The summed E-state index contributed by atoms with van der Waals surface area (Å²) in [6.45, 7) is 1.31. The van der Waals surface area contributed by atoms with Crippen LogP contribution in [0.1, 0.15) is 21.5 Å². The molecule has 6 nitrogen and oxygen atoms in total. The van der Waals surface area contributed by atoms with Crippen LogP contribution in [0.5, 0.6) is 0 Å². The van der Waals surface area contributed by atoms with Crippen LogP contribution in [-0.4, -0.2) is 25.7 Å². The quantitative estimate of drug-likeness (QED) is 0.506. The van der Waals surface area contributed by atoms with Gasteiger partial charge in [0.2, 0.25) is 0 Å². The van der Waals surface area contributed by atoms with Crippen LogP contribution in [0.3, 0.4) is 0 Å². The SMILES string of the molecule is Cc1cnc(NC(=O)c2ccccc2)c(-n2cc(-c3cccnc3)cn2)c1C(F)(F)F. The fourth-order valence-electron chi connectivity index (χ4n) is 3.16. The van der Waals surface area contributed by atoms with E-state index in [0.29, 0.717) is 16.7 Å². The second-order valence-electron chi connectivity index (χ2n) is 6.75. The van der Waals surface area contributed by atoms with Gasteiger partial charge >= 0.3 is 6.18 Å². The van der Waals surface area contributed by atoms with Gasteiger partial charge in [-0.3, -0.25) is 9.78 Å². The van der Waals surface area contributed by atoms with E-state index in [0.717, 1.165) is 10.9 Å². The number of hydrogen-bond donors (Lipinski definition) is 1. The van der Waals surface area contributed by atoms with Gasteiger partial charge in [0.05, 0.1) is 11.8 Å². The Kier molecular flexibility index (Phi) is 5.24. The van der Waals surface area contributed by atoms with Crippen molar-refractivity contribution in [3.8, 4) is 16.8 Å². The van der Waals surface area contributed by atoms with Crippen molar-refractivity contribution < 1.29 is 18.0 Å². The molecule has 0 bridgehead atoms. The van der Waals surface area contributed by atoms with Gasteiger partial charge in [-0.15, -0.1) is 0 Å². The maximum atomic E-state index is 14.0. The van der Waals surface area contributed by atoms with E-state index < -0.39 is 17.6 Å². The standard InChI is InChI=1S/C22H16F3N5O/c1-14-10-27-20(29-21(31)15-6-3-2-4-7-15)19(18(14)22(23,24)25)30-13-17(12-28-30)16-8-5-9-26-11-16/h2-13H,1H3,(H,27,29,31). The van der Waals surface area contributed by atoms with Crippen LogP contribution in [0, 0.1) is 6.92 Å². The summed E-state index contributed by atoms with van der Waals surface area (Å²) < 4.78 is 43.0. The van der Waals surface area contributed by atoms with Crippen molar-refractivity contribution in [3.63, 3.8) is 0 Å². The molecule has 0 atom stereocenters. The van der Waals surface area contributed by atoms with Gasteiger partial charge in [0.25, 0.3) is 5.91 Å². The molecule has 0 saturated heterocycles. The zero-order valence-electron chi connectivity index (χ0n) is 16.3. The van der Waals surface area contributed by atoms with Crippen molar-refractivity contribution in [1.29, 1.82) is 0 Å². The molecule has 4 rings (SSSR count). The monoisotopic (exact) mass is 423 g/mol. The first-order valence-electron chi connectivity index (χ1n) is 9.23. The molecule has 3 heterocycles. The summed E-state index contributed by atoms with van der Waals surface area (Å²) >= 11 is 0. The minimum absolute atomic E-state index is 0.0846. The average molecular weight is 423 g/mol. The topological polar surface area (TPSA) is 72.7 Å². The highest BCUT2D eigenvalue weighted by molar-refractivity contribution is 6.04. The van der Waals surface area contributed by atoms with Crippen molar-refractivity contribution in [3.05, 3.63) is 90.1 Å². The van der Waals surface area contributed by atoms with E-state index in [1.165, 1.54) is 19.3 Å². The van der Waals surface area contributed by atoms with Crippen LogP contribution in [0.15, 0.2) is 73.4 Å². The number of anilines is 1. The Morgan fingerprint density at radius 3 is 2.45 bits per heavy atom. The first-order chi connectivity index (χ1) is 14.8. The van der Waals surface area contributed by atoms with E-state index in [4.69, 9.17) is 0 Å². The molecule has 4 aromatic rings. The number of carbonyl (C=O) groups excluding carboxylic acids is 1. The number of benzene rings is 1. The molecule has 0 spiro atoms. The van der Waals surface area contributed by atoms with Crippen LogP contribution in [0.2, 0.25) is 0 Å². The van der Waals surface area contributed by atoms with Gasteiger partial charge in [0.1, 0.15) is 5.69 Å². The highest BCUT2D eigenvalue weighted by Gasteiger charge is 2.38. The van der Waals surface area contributed by atoms with Crippen molar-refractivity contribution in [2.45, 2.75) is 13.1 Å². The predicted molar refractivity (Wildman–Crippen MR) is 109 cm³/mol. The highest BCUT2D eigenvalue weighted by Crippen LogP contribution is 2.39. The van der Waals surface area contributed by atoms with Crippen LogP contribution in [-0.2, 0) is 6.18 Å².